The fourth-order valence-corrected chi connectivity index (χ4v) is 1.86. The standard InChI is InChI=1S/C11H13F2NOS/c1-7(6-16-2)14-11(15)8-4-3-5-9(12)10(8)13/h3-5,7H,6H2,1-2H3,(H,14,15). The molecule has 88 valence electrons. The van der Waals surface area contributed by atoms with Crippen molar-refractivity contribution in [3.63, 3.8) is 0 Å². The van der Waals surface area contributed by atoms with Crippen LogP contribution >= 0.6 is 11.8 Å². The molecule has 5 heteroatoms. The predicted octanol–water partition coefficient (Wildman–Crippen LogP) is 2.45. The van der Waals surface area contributed by atoms with Gasteiger partial charge in [0.05, 0.1) is 5.56 Å². The van der Waals surface area contributed by atoms with Crippen LogP contribution in [0.5, 0.6) is 0 Å². The Hall–Kier alpha value is -1.10. The van der Waals surface area contributed by atoms with Crippen LogP contribution in [-0.2, 0) is 0 Å². The first-order chi connectivity index (χ1) is 7.56. The van der Waals surface area contributed by atoms with Crippen LogP contribution in [0, 0.1) is 11.6 Å². The van der Waals surface area contributed by atoms with E-state index >= 15 is 0 Å². The van der Waals surface area contributed by atoms with E-state index in [0.717, 1.165) is 11.8 Å². The Morgan fingerprint density at radius 3 is 2.81 bits per heavy atom. The zero-order valence-corrected chi connectivity index (χ0v) is 9.91. The van der Waals surface area contributed by atoms with Crippen molar-refractivity contribution in [3.8, 4) is 0 Å². The monoisotopic (exact) mass is 245 g/mol. The van der Waals surface area contributed by atoms with Gasteiger partial charge in [-0.3, -0.25) is 4.79 Å². The lowest BCUT2D eigenvalue weighted by Gasteiger charge is -2.12. The zero-order valence-electron chi connectivity index (χ0n) is 9.09. The minimum atomic E-state index is -1.10. The number of thioether (sulfide) groups is 1. The summed E-state index contributed by atoms with van der Waals surface area (Å²) in [5.74, 6) is -1.97. The molecule has 0 fully saturated rings. The Morgan fingerprint density at radius 2 is 2.19 bits per heavy atom. The normalized spacial score (nSPS) is 12.2. The minimum Gasteiger partial charge on any atom is -0.349 e. The van der Waals surface area contributed by atoms with E-state index in [1.54, 1.807) is 11.8 Å². The maximum atomic E-state index is 13.2. The molecule has 1 N–H and O–H groups in total. The third-order valence-electron chi connectivity index (χ3n) is 1.99. The van der Waals surface area contributed by atoms with Crippen LogP contribution < -0.4 is 5.32 Å². The van der Waals surface area contributed by atoms with E-state index in [0.29, 0.717) is 0 Å². The fraction of sp³-hybridized carbons (Fsp3) is 0.364. The van der Waals surface area contributed by atoms with Crippen molar-refractivity contribution in [1.29, 1.82) is 0 Å². The molecule has 0 radical (unpaired) electrons. The summed E-state index contributed by atoms with van der Waals surface area (Å²) in [7, 11) is 0. The van der Waals surface area contributed by atoms with Gasteiger partial charge in [-0.1, -0.05) is 6.07 Å². The first-order valence-corrected chi connectivity index (χ1v) is 6.19. The maximum absolute atomic E-state index is 13.2. The summed E-state index contributed by atoms with van der Waals surface area (Å²) in [6.07, 6.45) is 1.91. The Kier molecular flexibility index (Phi) is 4.73. The number of halogens is 2. The molecule has 1 aromatic carbocycles. The maximum Gasteiger partial charge on any atom is 0.254 e. The molecule has 1 rings (SSSR count). The molecule has 0 aromatic heterocycles. The lowest BCUT2D eigenvalue weighted by Crippen LogP contribution is -2.34. The Bertz CT molecular complexity index is 384. The molecule has 0 saturated heterocycles. The molecule has 0 bridgehead atoms. The Labute approximate surface area is 97.4 Å². The largest absolute Gasteiger partial charge is 0.349 e. The van der Waals surface area contributed by atoms with Crippen LogP contribution in [0.2, 0.25) is 0 Å². The number of amides is 1. The van der Waals surface area contributed by atoms with Gasteiger partial charge >= 0.3 is 0 Å². The van der Waals surface area contributed by atoms with Crippen LogP contribution in [0.15, 0.2) is 18.2 Å². The molecule has 0 saturated carbocycles. The molecule has 1 amide bonds. The second-order valence-corrected chi connectivity index (χ2v) is 4.34. The van der Waals surface area contributed by atoms with Gasteiger partial charge in [-0.25, -0.2) is 8.78 Å². The van der Waals surface area contributed by atoms with Gasteiger partial charge in [0.2, 0.25) is 0 Å². The number of benzene rings is 1. The third-order valence-corrected chi connectivity index (χ3v) is 2.82. The highest BCUT2D eigenvalue weighted by Crippen LogP contribution is 2.11. The van der Waals surface area contributed by atoms with Crippen LogP contribution in [-0.4, -0.2) is 24.0 Å². The van der Waals surface area contributed by atoms with Gasteiger partial charge in [-0.2, -0.15) is 11.8 Å². The van der Waals surface area contributed by atoms with E-state index < -0.39 is 17.5 Å². The molecule has 0 aliphatic rings. The van der Waals surface area contributed by atoms with Crippen molar-refractivity contribution < 1.29 is 13.6 Å². The summed E-state index contributed by atoms with van der Waals surface area (Å²) in [4.78, 5) is 11.6. The molecule has 0 aliphatic carbocycles. The molecule has 1 unspecified atom stereocenters. The fourth-order valence-electron chi connectivity index (χ4n) is 1.27. The first-order valence-electron chi connectivity index (χ1n) is 4.80. The highest BCUT2D eigenvalue weighted by atomic mass is 32.2. The van der Waals surface area contributed by atoms with Crippen molar-refractivity contribution in [2.75, 3.05) is 12.0 Å². The number of carbonyl (C=O) groups is 1. The van der Waals surface area contributed by atoms with Gasteiger partial charge in [-0.05, 0) is 25.3 Å². The average molecular weight is 245 g/mol. The summed E-state index contributed by atoms with van der Waals surface area (Å²) < 4.78 is 26.1. The summed E-state index contributed by atoms with van der Waals surface area (Å²) in [5, 5.41) is 2.60. The van der Waals surface area contributed by atoms with Crippen LogP contribution in [0.1, 0.15) is 17.3 Å². The third kappa shape index (κ3) is 3.20. The molecule has 0 spiro atoms. The second-order valence-electron chi connectivity index (χ2n) is 3.43. The van der Waals surface area contributed by atoms with Crippen molar-refractivity contribution in [2.24, 2.45) is 0 Å². The van der Waals surface area contributed by atoms with Gasteiger partial charge < -0.3 is 5.32 Å². The number of nitrogens with one attached hydrogen (secondary N) is 1. The van der Waals surface area contributed by atoms with E-state index in [1.807, 2.05) is 13.2 Å². The highest BCUT2D eigenvalue weighted by molar-refractivity contribution is 7.98. The zero-order chi connectivity index (χ0) is 12.1. The van der Waals surface area contributed by atoms with E-state index in [2.05, 4.69) is 5.32 Å². The van der Waals surface area contributed by atoms with Crippen LogP contribution in [0.3, 0.4) is 0 Å². The molecule has 0 heterocycles. The van der Waals surface area contributed by atoms with Gasteiger partial charge in [0, 0.05) is 11.8 Å². The topological polar surface area (TPSA) is 29.1 Å². The number of hydrogen-bond acceptors (Lipinski definition) is 2. The molecule has 0 aliphatic heterocycles. The summed E-state index contributed by atoms with van der Waals surface area (Å²) in [6, 6.07) is 3.48. The molecule has 16 heavy (non-hydrogen) atoms. The van der Waals surface area contributed by atoms with Crippen LogP contribution in [0.25, 0.3) is 0 Å². The van der Waals surface area contributed by atoms with Crippen molar-refractivity contribution in [2.45, 2.75) is 13.0 Å². The summed E-state index contributed by atoms with van der Waals surface area (Å²) in [6.45, 7) is 1.81. The van der Waals surface area contributed by atoms with Gasteiger partial charge in [0.25, 0.3) is 5.91 Å². The molecule has 1 atom stereocenters. The van der Waals surface area contributed by atoms with Gasteiger partial charge in [0.1, 0.15) is 0 Å². The first kappa shape index (κ1) is 13.0. The molecule has 2 nitrogen and oxygen atoms in total. The van der Waals surface area contributed by atoms with Gasteiger partial charge in [0.15, 0.2) is 11.6 Å². The number of hydrogen-bond donors (Lipinski definition) is 1. The summed E-state index contributed by atoms with van der Waals surface area (Å²) >= 11 is 1.57. The quantitative estimate of drug-likeness (QED) is 0.882. The predicted molar refractivity (Wildman–Crippen MR) is 61.7 cm³/mol. The van der Waals surface area contributed by atoms with E-state index in [9.17, 15) is 13.6 Å². The Morgan fingerprint density at radius 1 is 1.50 bits per heavy atom. The summed E-state index contributed by atoms with van der Waals surface area (Å²) in [5.41, 5.74) is -0.257. The number of rotatable bonds is 4. The molecular weight excluding hydrogens is 232 g/mol. The van der Waals surface area contributed by atoms with Crippen LogP contribution in [0.4, 0.5) is 8.78 Å². The molecular formula is C11H13F2NOS. The van der Waals surface area contributed by atoms with Gasteiger partial charge in [-0.15, -0.1) is 0 Å². The number of carbonyl (C=O) groups excluding carboxylic acids is 1. The van der Waals surface area contributed by atoms with E-state index in [4.69, 9.17) is 0 Å². The lowest BCUT2D eigenvalue weighted by molar-refractivity contribution is 0.0938. The Balaban J connectivity index is 2.77. The molecule has 1 aromatic rings. The van der Waals surface area contributed by atoms with Crippen molar-refractivity contribution in [1.82, 2.24) is 5.32 Å². The highest BCUT2D eigenvalue weighted by Gasteiger charge is 2.16. The van der Waals surface area contributed by atoms with Crippen molar-refractivity contribution in [3.05, 3.63) is 35.4 Å². The average Bonchev–Trinajstić information content (AvgIpc) is 2.22. The van der Waals surface area contributed by atoms with Crippen molar-refractivity contribution >= 4 is 17.7 Å². The second kappa shape index (κ2) is 5.84. The SMILES string of the molecule is CSCC(C)NC(=O)c1cccc(F)c1F. The smallest absolute Gasteiger partial charge is 0.254 e. The van der Waals surface area contributed by atoms with E-state index in [-0.39, 0.29) is 11.6 Å². The van der Waals surface area contributed by atoms with E-state index in [1.165, 1.54) is 12.1 Å². The minimum absolute atomic E-state index is 0.0785. The lowest BCUT2D eigenvalue weighted by atomic mass is 10.2.